The van der Waals surface area contributed by atoms with Crippen molar-refractivity contribution < 1.29 is 14.0 Å². The summed E-state index contributed by atoms with van der Waals surface area (Å²) in [6, 6.07) is 9.58. The van der Waals surface area contributed by atoms with Crippen molar-refractivity contribution in [2.45, 2.75) is 55.6 Å². The topological polar surface area (TPSA) is 114 Å². The normalized spacial score (nSPS) is 28.6. The first-order valence-corrected chi connectivity index (χ1v) is 11.5. The minimum Gasteiger partial charge on any atom is -0.348 e. The van der Waals surface area contributed by atoms with E-state index in [9.17, 15) is 14.0 Å². The van der Waals surface area contributed by atoms with Crippen LogP contribution in [0.3, 0.4) is 0 Å². The Morgan fingerprint density at radius 2 is 1.67 bits per heavy atom. The number of likely N-dealkylation sites (tertiary alicyclic amines) is 1. The molecule has 5 N–H and O–H groups in total. The predicted molar refractivity (Wildman–Crippen MR) is 143 cm³/mol. The highest BCUT2D eigenvalue weighted by atomic mass is 35.5. The summed E-state index contributed by atoms with van der Waals surface area (Å²) in [7, 11) is 0. The zero-order valence-electron chi connectivity index (χ0n) is 19.8. The number of aromatic nitrogens is 1. The number of nitrogens with one attached hydrogen (secondary N) is 1. The fraction of sp³-hybridized carbons (Fsp3) is 0.480. The molecule has 4 fully saturated rings. The van der Waals surface area contributed by atoms with E-state index in [1.165, 1.54) is 18.3 Å². The van der Waals surface area contributed by atoms with E-state index in [4.69, 9.17) is 11.5 Å². The van der Waals surface area contributed by atoms with E-state index in [-0.39, 0.29) is 90.2 Å². The Labute approximate surface area is 229 Å². The lowest BCUT2D eigenvalue weighted by Crippen LogP contribution is -2.72. The molecular formula is C25H33Cl3FN5O2. The van der Waals surface area contributed by atoms with Gasteiger partial charge in [-0.15, -0.1) is 37.2 Å². The second kappa shape index (κ2) is 11.6. The van der Waals surface area contributed by atoms with Gasteiger partial charge in [-0.05, 0) is 66.3 Å². The SMILES string of the molecule is Cl.Cl.Cl.NC1CC(N)CN(C(=O)CC(NC(=O)c2cccnc2)C23CC(c4ccc(F)cc4)(C2)C3)C1. The number of carbonyl (C=O) groups is 2. The van der Waals surface area contributed by atoms with Crippen molar-refractivity contribution in [1.82, 2.24) is 15.2 Å². The van der Waals surface area contributed by atoms with Gasteiger partial charge in [0.25, 0.3) is 5.91 Å². The van der Waals surface area contributed by atoms with Crippen LogP contribution in [0.1, 0.15) is 48.0 Å². The molecule has 7 nitrogen and oxygen atoms in total. The summed E-state index contributed by atoms with van der Waals surface area (Å²) in [5, 5.41) is 3.13. The second-order valence-electron chi connectivity index (χ2n) is 10.2. The average Bonchev–Trinajstić information content (AvgIpc) is 2.73. The zero-order valence-corrected chi connectivity index (χ0v) is 22.2. The van der Waals surface area contributed by atoms with Crippen LogP contribution in [0.15, 0.2) is 48.8 Å². The molecule has 4 aliphatic rings. The Morgan fingerprint density at radius 3 is 2.22 bits per heavy atom. The quantitative estimate of drug-likeness (QED) is 0.503. The number of carbonyl (C=O) groups excluding carboxylic acids is 2. The molecule has 2 amide bonds. The molecule has 2 heterocycles. The minimum absolute atomic E-state index is 0. The minimum atomic E-state index is -0.297. The van der Waals surface area contributed by atoms with Crippen molar-refractivity contribution in [2.24, 2.45) is 16.9 Å². The van der Waals surface area contributed by atoms with E-state index < -0.39 is 0 Å². The third-order valence-electron chi connectivity index (χ3n) is 7.74. The van der Waals surface area contributed by atoms with E-state index in [1.54, 1.807) is 23.2 Å². The number of pyridine rings is 1. The van der Waals surface area contributed by atoms with Crippen molar-refractivity contribution in [3.8, 4) is 0 Å². The lowest BCUT2D eigenvalue weighted by molar-refractivity contribution is -0.169. The number of nitrogens with two attached hydrogens (primary N) is 2. The van der Waals surface area contributed by atoms with Crippen LogP contribution in [0.2, 0.25) is 0 Å². The Balaban J connectivity index is 0.00000152. The molecule has 11 heteroatoms. The average molecular weight is 561 g/mol. The van der Waals surface area contributed by atoms with Crippen molar-refractivity contribution in [2.75, 3.05) is 13.1 Å². The monoisotopic (exact) mass is 559 g/mol. The summed E-state index contributed by atoms with van der Waals surface area (Å²) in [5.41, 5.74) is 13.7. The van der Waals surface area contributed by atoms with Gasteiger partial charge in [-0.25, -0.2) is 4.39 Å². The van der Waals surface area contributed by atoms with E-state index in [0.29, 0.717) is 25.1 Å². The number of hydrogen-bond donors (Lipinski definition) is 3. The van der Waals surface area contributed by atoms with Gasteiger partial charge in [-0.1, -0.05) is 12.1 Å². The molecule has 198 valence electrons. The van der Waals surface area contributed by atoms with Crippen molar-refractivity contribution >= 4 is 49.0 Å². The highest BCUT2D eigenvalue weighted by Gasteiger charge is 2.71. The van der Waals surface area contributed by atoms with E-state index in [2.05, 4.69) is 10.3 Å². The summed E-state index contributed by atoms with van der Waals surface area (Å²) in [6.07, 6.45) is 6.68. The number of rotatable bonds is 6. The number of halogens is 4. The molecule has 2 bridgehead atoms. The van der Waals surface area contributed by atoms with Crippen LogP contribution in [0, 0.1) is 11.2 Å². The lowest BCUT2D eigenvalue weighted by atomic mass is 9.31. The van der Waals surface area contributed by atoms with Crippen LogP contribution in [0.5, 0.6) is 0 Å². The maximum atomic E-state index is 13.4. The van der Waals surface area contributed by atoms with Crippen LogP contribution < -0.4 is 16.8 Å². The van der Waals surface area contributed by atoms with Crippen LogP contribution >= 0.6 is 37.2 Å². The lowest BCUT2D eigenvalue weighted by Gasteiger charge is -2.73. The number of benzene rings is 1. The number of piperidine rings is 1. The fourth-order valence-electron chi connectivity index (χ4n) is 6.19. The summed E-state index contributed by atoms with van der Waals surface area (Å²) >= 11 is 0. The molecule has 3 saturated carbocycles. The first kappa shape index (κ1) is 30.3. The summed E-state index contributed by atoms with van der Waals surface area (Å²) in [4.78, 5) is 31.9. The molecule has 3 aliphatic carbocycles. The molecule has 1 aromatic heterocycles. The Morgan fingerprint density at radius 1 is 1.06 bits per heavy atom. The summed E-state index contributed by atoms with van der Waals surface area (Å²) in [5.74, 6) is -0.503. The standard InChI is InChI=1S/C25H30FN5O2.3ClH/c26-18-5-3-17(4-6-18)24-13-25(14-24,15-24)21(30-23(33)16-2-1-7-29-10-16)9-22(32)31-11-19(27)8-20(28)12-31;;;/h1-7,10,19-21H,8-9,11-15,27-28H2,(H,30,33);3*1H. The number of nitrogens with zero attached hydrogens (tertiary/aromatic N) is 2. The first-order valence-electron chi connectivity index (χ1n) is 11.5. The summed E-state index contributed by atoms with van der Waals surface area (Å²) < 4.78 is 13.4. The number of amides is 2. The first-order chi connectivity index (χ1) is 15.8. The third kappa shape index (κ3) is 5.63. The van der Waals surface area contributed by atoms with Crippen LogP contribution in [-0.4, -0.2) is 52.9 Å². The molecule has 2 aromatic rings. The van der Waals surface area contributed by atoms with Crippen LogP contribution in [-0.2, 0) is 10.2 Å². The van der Waals surface area contributed by atoms with Gasteiger partial charge in [0.1, 0.15) is 5.82 Å². The van der Waals surface area contributed by atoms with E-state index in [1.807, 2.05) is 12.1 Å². The highest BCUT2D eigenvalue weighted by molar-refractivity contribution is 5.94. The van der Waals surface area contributed by atoms with Crippen molar-refractivity contribution in [3.05, 3.63) is 65.7 Å². The van der Waals surface area contributed by atoms with Crippen molar-refractivity contribution in [1.29, 1.82) is 0 Å². The van der Waals surface area contributed by atoms with Crippen molar-refractivity contribution in [3.63, 3.8) is 0 Å². The van der Waals surface area contributed by atoms with Gasteiger partial charge in [-0.2, -0.15) is 0 Å². The van der Waals surface area contributed by atoms with E-state index in [0.717, 1.165) is 24.8 Å². The van der Waals surface area contributed by atoms with Gasteiger partial charge in [-0.3, -0.25) is 14.6 Å². The van der Waals surface area contributed by atoms with Gasteiger partial charge in [0.05, 0.1) is 5.56 Å². The molecule has 1 aromatic carbocycles. The van der Waals surface area contributed by atoms with Gasteiger partial charge in [0.15, 0.2) is 0 Å². The van der Waals surface area contributed by atoms with Gasteiger partial charge in [0, 0.05) is 50.0 Å². The molecule has 3 unspecified atom stereocenters. The molecule has 1 saturated heterocycles. The fourth-order valence-corrected chi connectivity index (χ4v) is 6.19. The second-order valence-corrected chi connectivity index (χ2v) is 10.2. The Hall–Kier alpha value is -1.97. The maximum absolute atomic E-state index is 13.4. The van der Waals surface area contributed by atoms with E-state index >= 15 is 0 Å². The molecule has 3 atom stereocenters. The Bertz CT molecular complexity index is 1030. The highest BCUT2D eigenvalue weighted by Crippen LogP contribution is 2.75. The van der Waals surface area contributed by atoms with Gasteiger partial charge in [0.2, 0.25) is 5.91 Å². The predicted octanol–water partition coefficient (Wildman–Crippen LogP) is 2.98. The zero-order chi connectivity index (χ0) is 23.2. The Kier molecular flexibility index (Phi) is 9.76. The largest absolute Gasteiger partial charge is 0.348 e. The third-order valence-corrected chi connectivity index (χ3v) is 7.74. The van der Waals surface area contributed by atoms with Crippen LogP contribution in [0.25, 0.3) is 0 Å². The summed E-state index contributed by atoms with van der Waals surface area (Å²) in [6.45, 7) is 0.977. The molecule has 6 rings (SSSR count). The number of hydrogen-bond acceptors (Lipinski definition) is 5. The molecule has 0 radical (unpaired) electrons. The van der Waals surface area contributed by atoms with Gasteiger partial charge >= 0.3 is 0 Å². The molecular weight excluding hydrogens is 528 g/mol. The molecule has 0 spiro atoms. The van der Waals surface area contributed by atoms with Gasteiger partial charge < -0.3 is 21.7 Å². The molecule has 36 heavy (non-hydrogen) atoms. The smallest absolute Gasteiger partial charge is 0.253 e. The molecule has 1 aliphatic heterocycles. The maximum Gasteiger partial charge on any atom is 0.253 e. The van der Waals surface area contributed by atoms with Crippen LogP contribution in [0.4, 0.5) is 4.39 Å².